The van der Waals surface area contributed by atoms with E-state index in [0.717, 1.165) is 5.56 Å². The largest absolute Gasteiger partial charge is 0.383 e. The van der Waals surface area contributed by atoms with Crippen molar-refractivity contribution in [2.24, 2.45) is 0 Å². The molecule has 1 aromatic carbocycles. The van der Waals surface area contributed by atoms with Gasteiger partial charge >= 0.3 is 0 Å². The third kappa shape index (κ3) is 5.52. The summed E-state index contributed by atoms with van der Waals surface area (Å²) in [5, 5.41) is 4.19. The summed E-state index contributed by atoms with van der Waals surface area (Å²) < 4.78 is 5.00. The molecule has 0 radical (unpaired) electrons. The van der Waals surface area contributed by atoms with Crippen LogP contribution in [0.5, 0.6) is 0 Å². The number of methoxy groups -OCH3 is 1. The molecule has 0 aliphatic heterocycles. The van der Waals surface area contributed by atoms with Crippen LogP contribution in [0.3, 0.4) is 0 Å². The quantitative estimate of drug-likeness (QED) is 0.818. The lowest BCUT2D eigenvalue weighted by molar-refractivity contribution is -0.121. The number of alkyl halides is 1. The third-order valence-electron chi connectivity index (χ3n) is 2.17. The van der Waals surface area contributed by atoms with Gasteiger partial charge in [0.25, 0.3) is 0 Å². The smallest absolute Gasteiger partial charge is 0.224 e. The zero-order valence-corrected chi connectivity index (χ0v) is 11.9. The van der Waals surface area contributed by atoms with E-state index in [1.807, 2.05) is 12.1 Å². The topological polar surface area (TPSA) is 38.3 Å². The van der Waals surface area contributed by atoms with Gasteiger partial charge in [0, 0.05) is 17.5 Å². The van der Waals surface area contributed by atoms with Gasteiger partial charge in [0.15, 0.2) is 0 Å². The average molecular weight is 321 g/mol. The fourth-order valence-corrected chi connectivity index (χ4v) is 2.00. The Balaban J connectivity index is 2.49. The number of hydrogen-bond acceptors (Lipinski definition) is 2. The normalized spacial score (nSPS) is 12.2. The fourth-order valence-electron chi connectivity index (χ4n) is 1.44. The Bertz CT molecular complexity index is 373. The van der Waals surface area contributed by atoms with Crippen molar-refractivity contribution in [1.29, 1.82) is 0 Å². The van der Waals surface area contributed by atoms with E-state index in [0.29, 0.717) is 23.4 Å². The first-order valence-electron chi connectivity index (χ1n) is 5.24. The molecule has 0 spiro atoms. The summed E-state index contributed by atoms with van der Waals surface area (Å²) in [5.41, 5.74) is 0.903. The first-order chi connectivity index (χ1) is 8.15. The molecular weight excluding hydrogens is 305 g/mol. The second kappa shape index (κ2) is 7.69. The Kier molecular flexibility index (Phi) is 6.55. The molecule has 94 valence electrons. The molecule has 0 saturated heterocycles. The van der Waals surface area contributed by atoms with Crippen LogP contribution in [0.4, 0.5) is 0 Å². The molecule has 3 nitrogen and oxygen atoms in total. The van der Waals surface area contributed by atoms with Gasteiger partial charge in [-0.3, -0.25) is 4.79 Å². The maximum absolute atomic E-state index is 11.7. The van der Waals surface area contributed by atoms with E-state index in [1.165, 1.54) is 0 Å². The Labute approximate surface area is 115 Å². The number of carbonyl (C=O) groups excluding carboxylic acids is 1. The molecule has 17 heavy (non-hydrogen) atoms. The molecule has 0 heterocycles. The van der Waals surface area contributed by atoms with Gasteiger partial charge < -0.3 is 10.1 Å². The van der Waals surface area contributed by atoms with Crippen molar-refractivity contribution >= 4 is 33.4 Å². The molecule has 1 rings (SSSR count). The standard InChI is InChI=1S/C12H15BrClNO2/c1-17-8-11(7-13)15-12(16)6-9-3-2-4-10(14)5-9/h2-5,11H,6-8H2,1H3,(H,15,16). The molecule has 1 amide bonds. The van der Waals surface area contributed by atoms with E-state index >= 15 is 0 Å². The highest BCUT2D eigenvalue weighted by Gasteiger charge is 2.11. The van der Waals surface area contributed by atoms with Crippen LogP contribution in [-0.4, -0.2) is 31.0 Å². The maximum atomic E-state index is 11.7. The van der Waals surface area contributed by atoms with Crippen molar-refractivity contribution in [2.45, 2.75) is 12.5 Å². The summed E-state index contributed by atoms with van der Waals surface area (Å²) in [5.74, 6) is -0.0335. The van der Waals surface area contributed by atoms with Gasteiger partial charge in [0.1, 0.15) is 0 Å². The molecule has 1 aromatic rings. The molecule has 0 fully saturated rings. The van der Waals surface area contributed by atoms with Crippen molar-refractivity contribution < 1.29 is 9.53 Å². The maximum Gasteiger partial charge on any atom is 0.224 e. The SMILES string of the molecule is COCC(CBr)NC(=O)Cc1cccc(Cl)c1. The Morgan fingerprint density at radius 1 is 1.59 bits per heavy atom. The van der Waals surface area contributed by atoms with Gasteiger partial charge in [-0.2, -0.15) is 0 Å². The zero-order valence-electron chi connectivity index (χ0n) is 9.58. The highest BCUT2D eigenvalue weighted by atomic mass is 79.9. The minimum Gasteiger partial charge on any atom is -0.383 e. The van der Waals surface area contributed by atoms with E-state index in [9.17, 15) is 4.79 Å². The van der Waals surface area contributed by atoms with Crippen LogP contribution in [0.1, 0.15) is 5.56 Å². The molecule has 1 N–H and O–H groups in total. The number of benzene rings is 1. The Morgan fingerprint density at radius 3 is 2.94 bits per heavy atom. The van der Waals surface area contributed by atoms with Crippen LogP contribution in [0, 0.1) is 0 Å². The summed E-state index contributed by atoms with van der Waals surface area (Å²) in [6, 6.07) is 7.29. The predicted molar refractivity (Wildman–Crippen MR) is 72.8 cm³/mol. The van der Waals surface area contributed by atoms with Gasteiger partial charge in [-0.1, -0.05) is 39.7 Å². The summed E-state index contributed by atoms with van der Waals surface area (Å²) in [6.07, 6.45) is 0.327. The summed E-state index contributed by atoms with van der Waals surface area (Å²) >= 11 is 9.18. The number of nitrogens with one attached hydrogen (secondary N) is 1. The highest BCUT2D eigenvalue weighted by Crippen LogP contribution is 2.11. The number of rotatable bonds is 6. The first kappa shape index (κ1) is 14.5. The minimum atomic E-state index is -0.0335. The van der Waals surface area contributed by atoms with Crippen molar-refractivity contribution in [3.63, 3.8) is 0 Å². The third-order valence-corrected chi connectivity index (χ3v) is 3.19. The Morgan fingerprint density at radius 2 is 2.35 bits per heavy atom. The van der Waals surface area contributed by atoms with Crippen molar-refractivity contribution in [3.8, 4) is 0 Å². The lowest BCUT2D eigenvalue weighted by Crippen LogP contribution is -2.40. The van der Waals surface area contributed by atoms with E-state index in [4.69, 9.17) is 16.3 Å². The van der Waals surface area contributed by atoms with E-state index in [1.54, 1.807) is 19.2 Å². The molecule has 0 aliphatic carbocycles. The van der Waals surface area contributed by atoms with Crippen LogP contribution in [-0.2, 0) is 16.0 Å². The van der Waals surface area contributed by atoms with Crippen LogP contribution in [0.15, 0.2) is 24.3 Å². The average Bonchev–Trinajstić information content (AvgIpc) is 2.28. The van der Waals surface area contributed by atoms with Gasteiger partial charge in [-0.15, -0.1) is 0 Å². The van der Waals surface area contributed by atoms with Gasteiger partial charge in [0.05, 0.1) is 19.1 Å². The summed E-state index contributed by atoms with van der Waals surface area (Å²) in [6.45, 7) is 0.493. The molecule has 5 heteroatoms. The number of carbonyl (C=O) groups is 1. The molecule has 0 saturated carbocycles. The Hall–Kier alpha value is -0.580. The summed E-state index contributed by atoms with van der Waals surface area (Å²) in [4.78, 5) is 11.7. The lowest BCUT2D eigenvalue weighted by Gasteiger charge is -2.15. The van der Waals surface area contributed by atoms with Crippen molar-refractivity contribution in [1.82, 2.24) is 5.32 Å². The second-order valence-electron chi connectivity index (χ2n) is 3.68. The van der Waals surface area contributed by atoms with Gasteiger partial charge in [0.2, 0.25) is 5.91 Å². The minimum absolute atomic E-state index is 0.00770. The molecule has 1 unspecified atom stereocenters. The molecule has 0 bridgehead atoms. The van der Waals surface area contributed by atoms with Crippen LogP contribution in [0.25, 0.3) is 0 Å². The van der Waals surface area contributed by atoms with Crippen LogP contribution < -0.4 is 5.32 Å². The number of ether oxygens (including phenoxy) is 1. The monoisotopic (exact) mass is 319 g/mol. The molecular formula is C12H15BrClNO2. The van der Waals surface area contributed by atoms with Gasteiger partial charge in [-0.05, 0) is 17.7 Å². The van der Waals surface area contributed by atoms with Crippen LogP contribution in [0.2, 0.25) is 5.02 Å². The van der Waals surface area contributed by atoms with Crippen molar-refractivity contribution in [2.75, 3.05) is 19.0 Å². The lowest BCUT2D eigenvalue weighted by atomic mass is 10.1. The number of hydrogen-bond donors (Lipinski definition) is 1. The predicted octanol–water partition coefficient (Wildman–Crippen LogP) is 2.41. The van der Waals surface area contributed by atoms with E-state index in [-0.39, 0.29) is 11.9 Å². The molecule has 0 aromatic heterocycles. The molecule has 1 atom stereocenters. The number of amides is 1. The first-order valence-corrected chi connectivity index (χ1v) is 6.74. The van der Waals surface area contributed by atoms with E-state index < -0.39 is 0 Å². The molecule has 0 aliphatic rings. The highest BCUT2D eigenvalue weighted by molar-refractivity contribution is 9.09. The van der Waals surface area contributed by atoms with Gasteiger partial charge in [-0.25, -0.2) is 0 Å². The zero-order chi connectivity index (χ0) is 12.7. The second-order valence-corrected chi connectivity index (χ2v) is 4.76. The van der Waals surface area contributed by atoms with Crippen molar-refractivity contribution in [3.05, 3.63) is 34.9 Å². The number of halogens is 2. The van der Waals surface area contributed by atoms with E-state index in [2.05, 4.69) is 21.2 Å². The summed E-state index contributed by atoms with van der Waals surface area (Å²) in [7, 11) is 1.61. The fraction of sp³-hybridized carbons (Fsp3) is 0.417. The van der Waals surface area contributed by atoms with Crippen LogP contribution >= 0.6 is 27.5 Å².